The number of halogens is 3. The van der Waals surface area contributed by atoms with Crippen LogP contribution in [-0.4, -0.2) is 16.1 Å². The molecule has 0 aliphatic rings. The lowest BCUT2D eigenvalue weighted by atomic mass is 10.1. The molecule has 6 heteroatoms. The summed E-state index contributed by atoms with van der Waals surface area (Å²) in [5, 5.41) is 3.25. The zero-order valence-electron chi connectivity index (χ0n) is 11.8. The van der Waals surface area contributed by atoms with E-state index in [0.717, 1.165) is 36.4 Å². The molecule has 0 aliphatic carbocycles. The molecule has 114 valence electrons. The molecule has 2 rings (SSSR count). The lowest BCUT2D eigenvalue weighted by molar-refractivity contribution is -0.137. The fourth-order valence-corrected chi connectivity index (χ4v) is 1.99. The van der Waals surface area contributed by atoms with Gasteiger partial charge >= 0.3 is 6.18 Å². The average molecular weight is 297 g/mol. The van der Waals surface area contributed by atoms with Gasteiger partial charge in [0.15, 0.2) is 0 Å². The minimum atomic E-state index is -4.29. The van der Waals surface area contributed by atoms with Crippen LogP contribution in [0, 0.1) is 0 Å². The molecule has 2 aromatic rings. The average Bonchev–Trinajstić information content (AvgIpc) is 2.86. The largest absolute Gasteiger partial charge is 0.416 e. The van der Waals surface area contributed by atoms with Crippen LogP contribution >= 0.6 is 0 Å². The van der Waals surface area contributed by atoms with Crippen molar-refractivity contribution in [1.29, 1.82) is 0 Å². The Labute approximate surface area is 121 Å². The van der Waals surface area contributed by atoms with Crippen molar-refractivity contribution < 1.29 is 13.2 Å². The molecule has 1 heterocycles. The van der Waals surface area contributed by atoms with Crippen LogP contribution in [0.25, 0.3) is 0 Å². The normalized spacial score (nSPS) is 11.8. The van der Waals surface area contributed by atoms with Crippen LogP contribution in [0.2, 0.25) is 0 Å². The van der Waals surface area contributed by atoms with Crippen molar-refractivity contribution in [2.24, 2.45) is 0 Å². The summed E-state index contributed by atoms with van der Waals surface area (Å²) in [6, 6.07) is 5.21. The van der Waals surface area contributed by atoms with Crippen LogP contribution in [-0.2, 0) is 19.3 Å². The van der Waals surface area contributed by atoms with Gasteiger partial charge in [0.2, 0.25) is 0 Å². The quantitative estimate of drug-likeness (QED) is 0.828. The lowest BCUT2D eigenvalue weighted by Gasteiger charge is -2.08. The number of alkyl halides is 3. The van der Waals surface area contributed by atoms with Crippen molar-refractivity contribution in [3.8, 4) is 0 Å². The smallest absolute Gasteiger partial charge is 0.333 e. The first-order valence-corrected chi connectivity index (χ1v) is 6.86. The summed E-state index contributed by atoms with van der Waals surface area (Å²) in [5.41, 5.74) is 1.12. The van der Waals surface area contributed by atoms with Gasteiger partial charge in [-0.1, -0.05) is 19.1 Å². The molecule has 1 N–H and O–H groups in total. The van der Waals surface area contributed by atoms with Gasteiger partial charge < -0.3 is 9.88 Å². The highest BCUT2D eigenvalue weighted by Crippen LogP contribution is 2.29. The Morgan fingerprint density at radius 3 is 2.52 bits per heavy atom. The monoisotopic (exact) mass is 297 g/mol. The summed E-state index contributed by atoms with van der Waals surface area (Å²) in [6.07, 6.45) is 0.374. The van der Waals surface area contributed by atoms with Crippen LogP contribution in [0.1, 0.15) is 30.2 Å². The molecule has 0 fully saturated rings. The summed E-state index contributed by atoms with van der Waals surface area (Å²) in [5.74, 6) is 0. The SMILES string of the molecule is CCCNCc1cn(Cc2ccc(C(F)(F)F)cc2)cn1. The second-order valence-corrected chi connectivity index (χ2v) is 4.91. The van der Waals surface area contributed by atoms with E-state index in [1.165, 1.54) is 12.1 Å². The molecule has 0 saturated heterocycles. The van der Waals surface area contributed by atoms with E-state index in [4.69, 9.17) is 0 Å². The predicted octanol–water partition coefficient (Wildman–Crippen LogP) is 3.45. The number of rotatable bonds is 6. The van der Waals surface area contributed by atoms with Crippen LogP contribution in [0.5, 0.6) is 0 Å². The Hall–Kier alpha value is -1.82. The Morgan fingerprint density at radius 2 is 1.90 bits per heavy atom. The molecule has 0 saturated carbocycles. The van der Waals surface area contributed by atoms with E-state index in [0.29, 0.717) is 13.1 Å². The van der Waals surface area contributed by atoms with E-state index < -0.39 is 11.7 Å². The first-order valence-electron chi connectivity index (χ1n) is 6.86. The van der Waals surface area contributed by atoms with Crippen LogP contribution in [0.15, 0.2) is 36.8 Å². The van der Waals surface area contributed by atoms with Gasteiger partial charge in [0, 0.05) is 19.3 Å². The zero-order chi connectivity index (χ0) is 15.3. The third-order valence-electron chi connectivity index (χ3n) is 3.07. The van der Waals surface area contributed by atoms with E-state index in [-0.39, 0.29) is 0 Å². The van der Waals surface area contributed by atoms with Crippen LogP contribution < -0.4 is 5.32 Å². The maximum Gasteiger partial charge on any atom is 0.416 e. The highest BCUT2D eigenvalue weighted by Gasteiger charge is 2.29. The van der Waals surface area contributed by atoms with Crippen molar-refractivity contribution in [3.05, 3.63) is 53.6 Å². The van der Waals surface area contributed by atoms with Crippen molar-refractivity contribution in [1.82, 2.24) is 14.9 Å². The number of hydrogen-bond donors (Lipinski definition) is 1. The summed E-state index contributed by atoms with van der Waals surface area (Å²) in [7, 11) is 0. The molecule has 1 aromatic heterocycles. The minimum absolute atomic E-state index is 0.513. The molecule has 1 aromatic carbocycles. The van der Waals surface area contributed by atoms with Gasteiger partial charge in [-0.05, 0) is 30.7 Å². The Balaban J connectivity index is 1.95. The molecule has 0 amide bonds. The van der Waals surface area contributed by atoms with Gasteiger partial charge in [0.1, 0.15) is 0 Å². The molecule has 0 bridgehead atoms. The minimum Gasteiger partial charge on any atom is -0.333 e. The Morgan fingerprint density at radius 1 is 1.19 bits per heavy atom. The summed E-state index contributed by atoms with van der Waals surface area (Å²) < 4.78 is 39.3. The van der Waals surface area contributed by atoms with E-state index in [2.05, 4.69) is 17.2 Å². The van der Waals surface area contributed by atoms with E-state index >= 15 is 0 Å². The van der Waals surface area contributed by atoms with Gasteiger partial charge in [0.25, 0.3) is 0 Å². The highest BCUT2D eigenvalue weighted by atomic mass is 19.4. The van der Waals surface area contributed by atoms with Gasteiger partial charge in [-0.3, -0.25) is 0 Å². The molecule has 0 atom stereocenters. The molecule has 0 radical (unpaired) electrons. The molecular formula is C15H18F3N3. The Bertz CT molecular complexity index is 558. The number of aromatic nitrogens is 2. The van der Waals surface area contributed by atoms with Crippen molar-refractivity contribution >= 4 is 0 Å². The summed E-state index contributed by atoms with van der Waals surface area (Å²) >= 11 is 0. The molecular weight excluding hydrogens is 279 g/mol. The van der Waals surface area contributed by atoms with E-state index in [1.807, 2.05) is 10.8 Å². The highest BCUT2D eigenvalue weighted by molar-refractivity contribution is 5.24. The number of nitrogens with zero attached hydrogens (tertiary/aromatic N) is 2. The Kier molecular flexibility index (Phi) is 5.01. The van der Waals surface area contributed by atoms with Crippen molar-refractivity contribution in [2.45, 2.75) is 32.6 Å². The van der Waals surface area contributed by atoms with Gasteiger partial charge in [-0.2, -0.15) is 13.2 Å². The molecule has 3 nitrogen and oxygen atoms in total. The van der Waals surface area contributed by atoms with E-state index in [9.17, 15) is 13.2 Å². The lowest BCUT2D eigenvalue weighted by Crippen LogP contribution is -2.13. The zero-order valence-corrected chi connectivity index (χ0v) is 11.8. The first-order chi connectivity index (χ1) is 9.99. The topological polar surface area (TPSA) is 29.9 Å². The second-order valence-electron chi connectivity index (χ2n) is 4.91. The van der Waals surface area contributed by atoms with Gasteiger partial charge in [0.05, 0.1) is 17.6 Å². The number of hydrogen-bond acceptors (Lipinski definition) is 2. The fourth-order valence-electron chi connectivity index (χ4n) is 1.99. The molecule has 0 unspecified atom stereocenters. The summed E-state index contributed by atoms with van der Waals surface area (Å²) in [4.78, 5) is 4.26. The standard InChI is InChI=1S/C15H18F3N3/c1-2-7-19-8-14-10-21(11-20-14)9-12-3-5-13(6-4-12)15(16,17)18/h3-6,10-11,19H,2,7-9H2,1H3. The molecule has 21 heavy (non-hydrogen) atoms. The number of imidazole rings is 1. The number of nitrogens with one attached hydrogen (secondary N) is 1. The van der Waals surface area contributed by atoms with Gasteiger partial charge in [-0.25, -0.2) is 4.98 Å². The third-order valence-corrected chi connectivity index (χ3v) is 3.07. The van der Waals surface area contributed by atoms with Gasteiger partial charge in [-0.15, -0.1) is 0 Å². The molecule has 0 aliphatic heterocycles. The third kappa shape index (κ3) is 4.60. The van der Waals surface area contributed by atoms with E-state index in [1.54, 1.807) is 6.33 Å². The van der Waals surface area contributed by atoms with Crippen molar-refractivity contribution in [2.75, 3.05) is 6.54 Å². The summed E-state index contributed by atoms with van der Waals surface area (Å²) in [6.45, 7) is 4.24. The van der Waals surface area contributed by atoms with Crippen LogP contribution in [0.3, 0.4) is 0 Å². The van der Waals surface area contributed by atoms with Crippen LogP contribution in [0.4, 0.5) is 13.2 Å². The second kappa shape index (κ2) is 6.76. The first kappa shape index (κ1) is 15.6. The van der Waals surface area contributed by atoms with Crippen molar-refractivity contribution in [3.63, 3.8) is 0 Å². The fraction of sp³-hybridized carbons (Fsp3) is 0.400. The number of benzene rings is 1. The predicted molar refractivity (Wildman–Crippen MR) is 74.8 cm³/mol. The molecule has 0 spiro atoms. The maximum absolute atomic E-state index is 12.5. The maximum atomic E-state index is 12.5.